The number of carbonyl (C=O) groups excluding carboxylic acids is 1. The van der Waals surface area contributed by atoms with Gasteiger partial charge in [-0.05, 0) is 47.5 Å². The normalized spacial score (nSPS) is 15.2. The second-order valence-corrected chi connectivity index (χ2v) is 7.83. The van der Waals surface area contributed by atoms with Crippen molar-refractivity contribution in [1.29, 1.82) is 0 Å². The maximum Gasteiger partial charge on any atom is 0.270 e. The van der Waals surface area contributed by atoms with Crippen molar-refractivity contribution < 1.29 is 13.9 Å². The molecule has 4 rings (SSSR count). The molecule has 5 nitrogen and oxygen atoms in total. The summed E-state index contributed by atoms with van der Waals surface area (Å²) in [5.74, 6) is -0.790. The standard InChI is InChI=1S/C20H11ClFN3O2S2/c21-19-23-11-15(22)17(24-19)27-14-8-6-12(7-9-14)10-16-18(26)25(20(28)29-16)13-4-2-1-3-5-13/h1-11H/b16-10+. The summed E-state index contributed by atoms with van der Waals surface area (Å²) < 4.78 is 19.6. The van der Waals surface area contributed by atoms with Gasteiger partial charge in [-0.25, -0.2) is 4.98 Å². The molecule has 1 aliphatic heterocycles. The molecule has 1 aromatic heterocycles. The van der Waals surface area contributed by atoms with Crippen LogP contribution in [0.3, 0.4) is 0 Å². The van der Waals surface area contributed by atoms with Crippen LogP contribution in [-0.2, 0) is 4.79 Å². The van der Waals surface area contributed by atoms with Crippen molar-refractivity contribution in [2.24, 2.45) is 0 Å². The SMILES string of the molecule is O=C1/C(=C\c2ccc(Oc3nc(Cl)ncc3F)cc2)SC(=S)N1c1ccccc1. The molecule has 0 radical (unpaired) electrons. The number of amides is 1. The van der Waals surface area contributed by atoms with E-state index in [1.165, 1.54) is 16.7 Å². The number of rotatable bonds is 4. The number of carbonyl (C=O) groups is 1. The van der Waals surface area contributed by atoms with E-state index in [0.717, 1.165) is 17.4 Å². The highest BCUT2D eigenvalue weighted by Crippen LogP contribution is 2.36. The first-order valence-electron chi connectivity index (χ1n) is 8.30. The van der Waals surface area contributed by atoms with Crippen LogP contribution in [0.4, 0.5) is 10.1 Å². The van der Waals surface area contributed by atoms with Crippen LogP contribution in [0.2, 0.25) is 5.28 Å². The molecule has 144 valence electrons. The predicted molar refractivity (Wildman–Crippen MR) is 116 cm³/mol. The average Bonchev–Trinajstić information content (AvgIpc) is 3.00. The average molecular weight is 444 g/mol. The van der Waals surface area contributed by atoms with Gasteiger partial charge in [0, 0.05) is 0 Å². The Bertz CT molecular complexity index is 1120. The van der Waals surface area contributed by atoms with Crippen molar-refractivity contribution in [1.82, 2.24) is 9.97 Å². The number of benzene rings is 2. The maximum atomic E-state index is 13.7. The first-order valence-corrected chi connectivity index (χ1v) is 9.90. The highest BCUT2D eigenvalue weighted by atomic mass is 35.5. The lowest BCUT2D eigenvalue weighted by Gasteiger charge is -2.13. The second-order valence-electron chi connectivity index (χ2n) is 5.82. The molecule has 1 amide bonds. The molecule has 0 unspecified atom stereocenters. The van der Waals surface area contributed by atoms with Crippen LogP contribution in [-0.4, -0.2) is 20.2 Å². The summed E-state index contributed by atoms with van der Waals surface area (Å²) in [7, 11) is 0. The Morgan fingerprint density at radius 1 is 1.14 bits per heavy atom. The number of aromatic nitrogens is 2. The van der Waals surface area contributed by atoms with Crippen LogP contribution in [0, 0.1) is 5.82 Å². The molecular weight excluding hydrogens is 433 g/mol. The van der Waals surface area contributed by atoms with Crippen molar-refractivity contribution >= 4 is 57.6 Å². The Morgan fingerprint density at radius 2 is 1.86 bits per heavy atom. The third kappa shape index (κ3) is 4.29. The predicted octanol–water partition coefficient (Wildman–Crippen LogP) is 5.47. The van der Waals surface area contributed by atoms with E-state index >= 15 is 0 Å². The van der Waals surface area contributed by atoms with E-state index in [-0.39, 0.29) is 17.1 Å². The minimum absolute atomic E-state index is 0.113. The van der Waals surface area contributed by atoms with Gasteiger partial charge < -0.3 is 4.74 Å². The van der Waals surface area contributed by atoms with E-state index in [0.29, 0.717) is 15.0 Å². The monoisotopic (exact) mass is 443 g/mol. The zero-order chi connectivity index (χ0) is 20.4. The van der Waals surface area contributed by atoms with E-state index in [1.54, 1.807) is 30.3 Å². The molecule has 2 heterocycles. The largest absolute Gasteiger partial charge is 0.436 e. The smallest absolute Gasteiger partial charge is 0.270 e. The van der Waals surface area contributed by atoms with Crippen LogP contribution in [0.25, 0.3) is 6.08 Å². The number of hydrogen-bond acceptors (Lipinski definition) is 6. The Labute approximate surface area is 180 Å². The van der Waals surface area contributed by atoms with Crippen molar-refractivity contribution in [2.75, 3.05) is 4.90 Å². The van der Waals surface area contributed by atoms with E-state index in [4.69, 9.17) is 28.6 Å². The number of halogens is 2. The summed E-state index contributed by atoms with van der Waals surface area (Å²) in [5.41, 5.74) is 1.50. The van der Waals surface area contributed by atoms with Gasteiger partial charge in [-0.2, -0.15) is 9.37 Å². The van der Waals surface area contributed by atoms with Gasteiger partial charge in [0.2, 0.25) is 11.1 Å². The zero-order valence-electron chi connectivity index (χ0n) is 14.6. The van der Waals surface area contributed by atoms with Crippen LogP contribution < -0.4 is 9.64 Å². The van der Waals surface area contributed by atoms with Gasteiger partial charge in [-0.15, -0.1) is 0 Å². The van der Waals surface area contributed by atoms with Crippen LogP contribution in [0.15, 0.2) is 65.7 Å². The third-order valence-electron chi connectivity index (χ3n) is 3.88. The van der Waals surface area contributed by atoms with E-state index in [1.807, 2.05) is 30.3 Å². The number of hydrogen-bond donors (Lipinski definition) is 0. The number of thioether (sulfide) groups is 1. The van der Waals surface area contributed by atoms with Gasteiger partial charge in [-0.1, -0.05) is 54.3 Å². The van der Waals surface area contributed by atoms with E-state index < -0.39 is 5.82 Å². The van der Waals surface area contributed by atoms with Gasteiger partial charge in [0.05, 0.1) is 16.8 Å². The van der Waals surface area contributed by atoms with Crippen LogP contribution >= 0.6 is 35.6 Å². The molecule has 1 saturated heterocycles. The molecule has 3 aromatic rings. The van der Waals surface area contributed by atoms with Gasteiger partial charge in [0.25, 0.3) is 11.8 Å². The molecule has 0 bridgehead atoms. The Kier molecular flexibility index (Phi) is 5.57. The minimum atomic E-state index is -0.719. The first-order chi connectivity index (χ1) is 14.0. The van der Waals surface area contributed by atoms with Crippen LogP contribution in [0.5, 0.6) is 11.6 Å². The highest BCUT2D eigenvalue weighted by molar-refractivity contribution is 8.27. The summed E-state index contributed by atoms with van der Waals surface area (Å²) in [6.45, 7) is 0. The van der Waals surface area contributed by atoms with Crippen molar-refractivity contribution in [3.05, 3.63) is 82.4 Å². The molecule has 1 fully saturated rings. The number of ether oxygens (including phenoxy) is 1. The van der Waals surface area contributed by atoms with Crippen LogP contribution in [0.1, 0.15) is 5.56 Å². The fourth-order valence-electron chi connectivity index (χ4n) is 2.57. The molecule has 0 atom stereocenters. The number of para-hydroxylation sites is 1. The van der Waals surface area contributed by atoms with E-state index in [9.17, 15) is 9.18 Å². The van der Waals surface area contributed by atoms with Crippen molar-refractivity contribution in [3.8, 4) is 11.6 Å². The molecule has 0 N–H and O–H groups in total. The molecule has 1 aliphatic rings. The maximum absolute atomic E-state index is 13.7. The topological polar surface area (TPSA) is 55.3 Å². The first kappa shape index (κ1) is 19.5. The number of nitrogens with zero attached hydrogens (tertiary/aromatic N) is 3. The number of anilines is 1. The summed E-state index contributed by atoms with van der Waals surface area (Å²) >= 11 is 12.3. The van der Waals surface area contributed by atoms with Gasteiger partial charge in [0.1, 0.15) is 5.75 Å². The lowest BCUT2D eigenvalue weighted by atomic mass is 10.2. The third-order valence-corrected chi connectivity index (χ3v) is 5.37. The molecular formula is C20H11ClFN3O2S2. The fraction of sp³-hybridized carbons (Fsp3) is 0. The van der Waals surface area contributed by atoms with Crippen molar-refractivity contribution in [2.45, 2.75) is 0 Å². The van der Waals surface area contributed by atoms with Gasteiger partial charge in [-0.3, -0.25) is 9.69 Å². The van der Waals surface area contributed by atoms with Gasteiger partial charge >= 0.3 is 0 Å². The lowest BCUT2D eigenvalue weighted by Crippen LogP contribution is -2.27. The summed E-state index contributed by atoms with van der Waals surface area (Å²) in [4.78, 5) is 22.0. The summed E-state index contributed by atoms with van der Waals surface area (Å²) in [6.07, 6.45) is 2.68. The molecule has 0 saturated carbocycles. The van der Waals surface area contributed by atoms with Gasteiger partial charge in [0.15, 0.2) is 4.32 Å². The molecule has 2 aromatic carbocycles. The van der Waals surface area contributed by atoms with E-state index in [2.05, 4.69) is 9.97 Å². The molecule has 9 heteroatoms. The van der Waals surface area contributed by atoms with Crippen molar-refractivity contribution in [3.63, 3.8) is 0 Å². The second kappa shape index (κ2) is 8.28. The quantitative estimate of drug-likeness (QED) is 0.303. The molecule has 0 spiro atoms. The number of thiocarbonyl (C=S) groups is 1. The highest BCUT2D eigenvalue weighted by Gasteiger charge is 2.33. The zero-order valence-corrected chi connectivity index (χ0v) is 17.0. The Hall–Kier alpha value is -2.81. The molecule has 0 aliphatic carbocycles. The summed E-state index contributed by atoms with van der Waals surface area (Å²) in [6, 6.07) is 16.0. The summed E-state index contributed by atoms with van der Waals surface area (Å²) in [5, 5.41) is -0.113. The molecule has 29 heavy (non-hydrogen) atoms. The Morgan fingerprint density at radius 3 is 2.59 bits per heavy atom. The Balaban J connectivity index is 1.52. The lowest BCUT2D eigenvalue weighted by molar-refractivity contribution is -0.113. The fourth-order valence-corrected chi connectivity index (χ4v) is 3.99. The minimum Gasteiger partial charge on any atom is -0.436 e.